The molecule has 6 nitrogen and oxygen atoms in total. The highest BCUT2D eigenvalue weighted by molar-refractivity contribution is 7.71. The van der Waals surface area contributed by atoms with E-state index in [1.165, 1.54) is 18.4 Å². The van der Waals surface area contributed by atoms with Crippen molar-refractivity contribution in [2.75, 3.05) is 13.6 Å². The van der Waals surface area contributed by atoms with Gasteiger partial charge in [0.25, 0.3) is 5.91 Å². The van der Waals surface area contributed by atoms with Crippen LogP contribution < -0.4 is 10.2 Å². The lowest BCUT2D eigenvalue weighted by Crippen LogP contribution is -3.09. The molecule has 1 amide bonds. The van der Waals surface area contributed by atoms with Crippen LogP contribution in [-0.2, 0) is 18.0 Å². The monoisotopic (exact) mass is 374 g/mol. The highest BCUT2D eigenvalue weighted by Gasteiger charge is 2.30. The Balaban J connectivity index is 1.75. The molecule has 1 atom stereocenters. The van der Waals surface area contributed by atoms with Crippen molar-refractivity contribution in [3.8, 4) is 0 Å². The fourth-order valence-corrected chi connectivity index (χ4v) is 3.34. The van der Waals surface area contributed by atoms with E-state index in [2.05, 4.69) is 22.0 Å². The van der Waals surface area contributed by atoms with Crippen molar-refractivity contribution in [3.05, 3.63) is 46.5 Å². The molecule has 0 aliphatic heterocycles. The minimum Gasteiger partial charge on any atom is -0.349 e. The van der Waals surface area contributed by atoms with Gasteiger partial charge in [-0.25, -0.2) is 0 Å². The molecule has 1 aromatic carbocycles. The molecule has 0 saturated heterocycles. The summed E-state index contributed by atoms with van der Waals surface area (Å²) in [5, 5.41) is 7.73. The van der Waals surface area contributed by atoms with E-state index in [0.717, 1.165) is 22.0 Å². The first kappa shape index (κ1) is 18.8. The Kier molecular flexibility index (Phi) is 5.88. The molecule has 1 aliphatic rings. The summed E-state index contributed by atoms with van der Waals surface area (Å²) < 4.78 is 4.77. The van der Waals surface area contributed by atoms with Crippen LogP contribution in [0.1, 0.15) is 44.0 Å². The number of aromatic nitrogens is 3. The molecule has 1 aromatic heterocycles. The summed E-state index contributed by atoms with van der Waals surface area (Å²) in [5.41, 5.74) is 1.22. The maximum absolute atomic E-state index is 12.0. The summed E-state index contributed by atoms with van der Waals surface area (Å²) in [6.45, 7) is 5.68. The molecular formula is C19H28N5OS+. The Morgan fingerprint density at radius 2 is 2.04 bits per heavy atom. The van der Waals surface area contributed by atoms with Gasteiger partial charge in [0, 0.05) is 12.0 Å². The van der Waals surface area contributed by atoms with Gasteiger partial charge in [0.05, 0.1) is 13.6 Å². The van der Waals surface area contributed by atoms with E-state index in [4.69, 9.17) is 17.3 Å². The average Bonchev–Trinajstić information content (AvgIpc) is 3.37. The summed E-state index contributed by atoms with van der Waals surface area (Å²) in [4.78, 5) is 13.0. The van der Waals surface area contributed by atoms with Crippen LogP contribution in [0.25, 0.3) is 0 Å². The van der Waals surface area contributed by atoms with Gasteiger partial charge in [0.2, 0.25) is 4.77 Å². The number of rotatable bonds is 8. The smallest absolute Gasteiger partial charge is 0.275 e. The summed E-state index contributed by atoms with van der Waals surface area (Å²) in [7, 11) is 1.99. The Morgan fingerprint density at radius 3 is 2.65 bits per heavy atom. The molecule has 2 aromatic rings. The number of benzene rings is 1. The molecule has 7 heteroatoms. The van der Waals surface area contributed by atoms with E-state index >= 15 is 0 Å². The number of carbonyl (C=O) groups excluding carboxylic acids is 1. The molecule has 1 heterocycles. The van der Waals surface area contributed by atoms with Gasteiger partial charge in [-0.1, -0.05) is 30.3 Å². The molecule has 0 spiro atoms. The Bertz CT molecular complexity index is 807. The summed E-state index contributed by atoms with van der Waals surface area (Å²) in [5.74, 6) is 1.65. The van der Waals surface area contributed by atoms with Crippen LogP contribution in [0.4, 0.5) is 0 Å². The van der Waals surface area contributed by atoms with Crippen molar-refractivity contribution < 1.29 is 9.69 Å². The molecular weight excluding hydrogens is 346 g/mol. The molecule has 26 heavy (non-hydrogen) atoms. The standard InChI is InChI=1S/C19H27N5OS/c1-14(2)20-17(25)12-22(3)13-24-19(26)23(18(21-24)16-9-10-16)11-15-7-5-4-6-8-15/h4-8,14,16H,9-13H2,1-3H3,(H,20,25)/p+1. The van der Waals surface area contributed by atoms with E-state index in [9.17, 15) is 4.79 Å². The lowest BCUT2D eigenvalue weighted by Gasteiger charge is -2.14. The first-order valence-electron chi connectivity index (χ1n) is 9.26. The lowest BCUT2D eigenvalue weighted by molar-refractivity contribution is -0.895. The number of nitrogens with one attached hydrogen (secondary N) is 2. The zero-order valence-corrected chi connectivity index (χ0v) is 16.6. The summed E-state index contributed by atoms with van der Waals surface area (Å²) in [6, 6.07) is 10.5. The van der Waals surface area contributed by atoms with Crippen LogP contribution in [-0.4, -0.2) is 39.9 Å². The second-order valence-electron chi connectivity index (χ2n) is 7.50. The number of hydrogen-bond donors (Lipinski definition) is 2. The van der Waals surface area contributed by atoms with Gasteiger partial charge in [0.15, 0.2) is 13.2 Å². The third-order valence-corrected chi connectivity index (χ3v) is 4.84. The van der Waals surface area contributed by atoms with Crippen LogP contribution in [0.2, 0.25) is 0 Å². The van der Waals surface area contributed by atoms with Crippen molar-refractivity contribution in [2.24, 2.45) is 0 Å². The van der Waals surface area contributed by atoms with E-state index in [0.29, 0.717) is 19.1 Å². The van der Waals surface area contributed by atoms with Gasteiger partial charge in [-0.2, -0.15) is 9.78 Å². The highest BCUT2D eigenvalue weighted by Crippen LogP contribution is 2.39. The van der Waals surface area contributed by atoms with Crippen molar-refractivity contribution in [3.63, 3.8) is 0 Å². The van der Waals surface area contributed by atoms with Crippen molar-refractivity contribution in [1.29, 1.82) is 0 Å². The van der Waals surface area contributed by atoms with Crippen molar-refractivity contribution in [1.82, 2.24) is 19.7 Å². The van der Waals surface area contributed by atoms with Crippen molar-refractivity contribution >= 4 is 18.1 Å². The molecule has 2 N–H and O–H groups in total. The molecule has 1 aliphatic carbocycles. The third-order valence-electron chi connectivity index (χ3n) is 4.41. The molecule has 0 radical (unpaired) electrons. The molecule has 0 bridgehead atoms. The largest absolute Gasteiger partial charge is 0.349 e. The minimum absolute atomic E-state index is 0.0511. The van der Waals surface area contributed by atoms with Crippen LogP contribution >= 0.6 is 12.2 Å². The lowest BCUT2D eigenvalue weighted by atomic mass is 10.2. The molecule has 1 unspecified atom stereocenters. The van der Waals surface area contributed by atoms with Crippen LogP contribution in [0.15, 0.2) is 30.3 Å². The SMILES string of the molecule is CC(C)NC(=O)C[NH+](C)Cn1nc(C2CC2)n(Cc2ccccc2)c1=S. The number of quaternary nitrogens is 1. The Morgan fingerprint density at radius 1 is 1.35 bits per heavy atom. The zero-order valence-electron chi connectivity index (χ0n) is 15.7. The molecule has 1 saturated carbocycles. The van der Waals surface area contributed by atoms with Gasteiger partial charge in [-0.05, 0) is 44.5 Å². The third kappa shape index (κ3) is 4.80. The van der Waals surface area contributed by atoms with Gasteiger partial charge in [-0.3, -0.25) is 9.36 Å². The van der Waals surface area contributed by atoms with E-state index < -0.39 is 0 Å². The van der Waals surface area contributed by atoms with Crippen LogP contribution in [0.3, 0.4) is 0 Å². The Labute approximate surface area is 159 Å². The minimum atomic E-state index is 0.0511. The normalized spacial score (nSPS) is 15.2. The van der Waals surface area contributed by atoms with E-state index in [1.54, 1.807) is 0 Å². The molecule has 140 valence electrons. The number of hydrogen-bond acceptors (Lipinski definition) is 3. The quantitative estimate of drug-likeness (QED) is 0.686. The average molecular weight is 375 g/mol. The van der Waals surface area contributed by atoms with Crippen LogP contribution in [0, 0.1) is 4.77 Å². The first-order chi connectivity index (χ1) is 12.4. The highest BCUT2D eigenvalue weighted by atomic mass is 32.1. The fourth-order valence-electron chi connectivity index (χ4n) is 3.08. The fraction of sp³-hybridized carbons (Fsp3) is 0.526. The summed E-state index contributed by atoms with van der Waals surface area (Å²) in [6.07, 6.45) is 2.36. The number of amides is 1. The van der Waals surface area contributed by atoms with Crippen LogP contribution in [0.5, 0.6) is 0 Å². The number of likely N-dealkylation sites (N-methyl/N-ethyl adjacent to an activating group) is 1. The van der Waals surface area contributed by atoms with Gasteiger partial charge >= 0.3 is 0 Å². The zero-order chi connectivity index (χ0) is 18.7. The molecule has 3 rings (SSSR count). The first-order valence-corrected chi connectivity index (χ1v) is 9.67. The number of nitrogens with zero attached hydrogens (tertiary/aromatic N) is 3. The van der Waals surface area contributed by atoms with E-state index in [-0.39, 0.29) is 11.9 Å². The van der Waals surface area contributed by atoms with Gasteiger partial charge in [0.1, 0.15) is 5.82 Å². The second kappa shape index (κ2) is 8.14. The van der Waals surface area contributed by atoms with Gasteiger partial charge in [-0.15, -0.1) is 0 Å². The summed E-state index contributed by atoms with van der Waals surface area (Å²) >= 11 is 5.71. The predicted octanol–water partition coefficient (Wildman–Crippen LogP) is 1.34. The van der Waals surface area contributed by atoms with E-state index in [1.807, 2.05) is 43.8 Å². The predicted molar refractivity (Wildman–Crippen MR) is 104 cm³/mol. The number of carbonyl (C=O) groups is 1. The van der Waals surface area contributed by atoms with Crippen molar-refractivity contribution in [2.45, 2.75) is 51.9 Å². The maximum Gasteiger partial charge on any atom is 0.275 e. The topological polar surface area (TPSA) is 56.3 Å². The second-order valence-corrected chi connectivity index (χ2v) is 7.87. The molecule has 1 fully saturated rings. The maximum atomic E-state index is 12.0. The van der Waals surface area contributed by atoms with Gasteiger partial charge < -0.3 is 10.2 Å². The Hall–Kier alpha value is -1.99.